The molecule has 0 saturated carbocycles. The fraction of sp³-hybridized carbons (Fsp3) is 0. The Labute approximate surface area is 162 Å². The first-order valence-electron chi connectivity index (χ1n) is 1.71. The van der Waals surface area contributed by atoms with Gasteiger partial charge in [-0.15, -0.1) is 0 Å². The maximum absolute atomic E-state index is 7.13. The Balaban J connectivity index is -0.0000000145. The molecule has 71 valence electrons. The summed E-state index contributed by atoms with van der Waals surface area (Å²) < 4.78 is 0. The van der Waals surface area contributed by atoms with Gasteiger partial charge in [-0.3, -0.25) is 0 Å². The van der Waals surface area contributed by atoms with Crippen LogP contribution in [0.25, 0.3) is 0 Å². The van der Waals surface area contributed by atoms with Crippen LogP contribution in [-0.2, 0) is 71.6 Å². The predicted molar refractivity (Wildman–Crippen MR) is 57.7 cm³/mol. The minimum absolute atomic E-state index is 0. The molecular weight excluding hydrogens is 467 g/mol. The molecule has 0 N–H and O–H groups in total. The van der Waals surface area contributed by atoms with E-state index in [1.54, 1.807) is 0 Å². The number of rotatable bonds is 0. The van der Waals surface area contributed by atoms with E-state index in [0.29, 0.717) is 0 Å². The molecule has 0 aromatic rings. The molecule has 0 fully saturated rings. The van der Waals surface area contributed by atoms with E-state index in [1.165, 1.54) is 21.6 Å². The zero-order valence-corrected chi connectivity index (χ0v) is 15.4. The number of thiocyanates is 4. The van der Waals surface area contributed by atoms with Crippen LogP contribution in [0.3, 0.4) is 0 Å². The van der Waals surface area contributed by atoms with E-state index >= 15 is 0 Å². The Bertz CT molecular complexity index is 163. The summed E-state index contributed by atoms with van der Waals surface area (Å²) in [6, 6.07) is 0. The number of hydrogen-bond donors (Lipinski definition) is 0. The van der Waals surface area contributed by atoms with Crippen molar-refractivity contribution in [1.29, 1.82) is 21.0 Å². The molecule has 0 bridgehead atoms. The molecule has 0 unspecified atom stereocenters. The molecule has 1 radical (unpaired) electrons. The van der Waals surface area contributed by atoms with Crippen LogP contribution in [0.1, 0.15) is 0 Å². The maximum Gasteiger partial charge on any atom is 4.00 e. The normalized spacial score (nSPS) is 2.00. The monoisotopic (exact) mass is 466 g/mol. The van der Waals surface area contributed by atoms with Gasteiger partial charge in [-0.2, -0.15) is 0 Å². The second kappa shape index (κ2) is 92.0. The maximum atomic E-state index is 7.13. The SMILES string of the molecule is N#C[S-].N#C[S-].N#C[S-].N#C[S-].[K].[Pt+4]. The third-order valence-electron chi connectivity index (χ3n) is 0. The first-order valence-corrected chi connectivity index (χ1v) is 3.34. The van der Waals surface area contributed by atoms with Gasteiger partial charge in [-0.25, -0.2) is 21.0 Å². The van der Waals surface area contributed by atoms with E-state index in [1.807, 2.05) is 0 Å². The quantitative estimate of drug-likeness (QED) is 0.272. The van der Waals surface area contributed by atoms with Crippen LogP contribution in [-0.4, -0.2) is 51.4 Å². The molecule has 0 aromatic heterocycles. The molecule has 10 heteroatoms. The Morgan fingerprint density at radius 2 is 0.571 bits per heavy atom. The molecule has 0 atom stereocenters. The van der Waals surface area contributed by atoms with Crippen molar-refractivity contribution in [3.63, 3.8) is 0 Å². The molecule has 0 saturated heterocycles. The first-order chi connectivity index (χ1) is 5.66. The van der Waals surface area contributed by atoms with E-state index in [-0.39, 0.29) is 72.4 Å². The van der Waals surface area contributed by atoms with E-state index in [2.05, 4.69) is 50.5 Å². The van der Waals surface area contributed by atoms with Gasteiger partial charge in [0, 0.05) is 51.4 Å². The minimum Gasteiger partial charge on any atom is -0.696 e. The summed E-state index contributed by atoms with van der Waals surface area (Å²) in [5, 5.41) is 33.9. The van der Waals surface area contributed by atoms with Crippen molar-refractivity contribution in [1.82, 2.24) is 0 Å². The van der Waals surface area contributed by atoms with E-state index in [0.717, 1.165) is 0 Å². The molecule has 0 aliphatic carbocycles. The van der Waals surface area contributed by atoms with Crippen LogP contribution in [0, 0.1) is 42.7 Å². The first kappa shape index (κ1) is 36.2. The smallest absolute Gasteiger partial charge is 0.696 e. The molecule has 14 heavy (non-hydrogen) atoms. The fourth-order valence-corrected chi connectivity index (χ4v) is 0. The zero-order chi connectivity index (χ0) is 10.8. The molecule has 0 heterocycles. The van der Waals surface area contributed by atoms with E-state index in [4.69, 9.17) is 21.0 Å². The average Bonchev–Trinajstić information content (AvgIpc) is 1.92. The third-order valence-corrected chi connectivity index (χ3v) is 0. The summed E-state index contributed by atoms with van der Waals surface area (Å²) in [6.45, 7) is 0. The number of hydrogen-bond acceptors (Lipinski definition) is 8. The van der Waals surface area contributed by atoms with Gasteiger partial charge < -0.3 is 50.5 Å². The molecule has 0 aliphatic rings. The average molecular weight is 467 g/mol. The molecule has 0 aliphatic heterocycles. The second-order valence-electron chi connectivity index (χ2n) is 0.365. The van der Waals surface area contributed by atoms with Crippen LogP contribution in [0.5, 0.6) is 0 Å². The Morgan fingerprint density at radius 3 is 0.571 bits per heavy atom. The molecule has 0 aromatic carbocycles. The largest absolute Gasteiger partial charge is 4.00 e. The summed E-state index contributed by atoms with van der Waals surface area (Å²) in [6.07, 6.45) is 0. The van der Waals surface area contributed by atoms with Crippen molar-refractivity contribution >= 4 is 102 Å². The van der Waals surface area contributed by atoms with Crippen LogP contribution in [0.4, 0.5) is 0 Å². The minimum atomic E-state index is 0. The Hall–Kier alpha value is 1.16. The molecule has 0 rings (SSSR count). The van der Waals surface area contributed by atoms with Crippen molar-refractivity contribution in [2.75, 3.05) is 0 Å². The van der Waals surface area contributed by atoms with Crippen LogP contribution in [0.2, 0.25) is 0 Å². The van der Waals surface area contributed by atoms with Crippen molar-refractivity contribution in [3.05, 3.63) is 0 Å². The van der Waals surface area contributed by atoms with Gasteiger partial charge in [0.25, 0.3) is 0 Å². The summed E-state index contributed by atoms with van der Waals surface area (Å²) in [7, 11) is 0. The number of nitriles is 4. The van der Waals surface area contributed by atoms with Gasteiger partial charge in [0.1, 0.15) is 0 Å². The summed E-state index contributed by atoms with van der Waals surface area (Å²) in [4.78, 5) is 0. The van der Waals surface area contributed by atoms with Crippen LogP contribution < -0.4 is 0 Å². The van der Waals surface area contributed by atoms with Gasteiger partial charge in [0.2, 0.25) is 0 Å². The number of nitrogens with zero attached hydrogens (tertiary/aromatic N) is 4. The van der Waals surface area contributed by atoms with E-state index < -0.39 is 0 Å². The van der Waals surface area contributed by atoms with Crippen molar-refractivity contribution in [2.24, 2.45) is 0 Å². The van der Waals surface area contributed by atoms with Gasteiger partial charge in [0.05, 0.1) is 0 Å². The van der Waals surface area contributed by atoms with Gasteiger partial charge in [-0.05, 0) is 0 Å². The molecule has 0 spiro atoms. The van der Waals surface area contributed by atoms with Crippen molar-refractivity contribution < 1.29 is 21.1 Å². The Kier molecular flexibility index (Phi) is 238. The van der Waals surface area contributed by atoms with Crippen molar-refractivity contribution in [3.8, 4) is 21.6 Å². The molecule has 4 nitrogen and oxygen atoms in total. The van der Waals surface area contributed by atoms with Crippen LogP contribution >= 0.6 is 0 Å². The standard InChI is InChI=1S/4CHNS.K.Pt/c4*2-1-3;;/h4*3H;;/q;;;;;+4/p-4. The summed E-state index contributed by atoms with van der Waals surface area (Å²) in [5.74, 6) is 0. The van der Waals surface area contributed by atoms with Crippen molar-refractivity contribution in [2.45, 2.75) is 0 Å². The van der Waals surface area contributed by atoms with Gasteiger partial charge >= 0.3 is 21.1 Å². The van der Waals surface area contributed by atoms with Gasteiger partial charge in [-0.1, -0.05) is 21.6 Å². The second-order valence-corrected chi connectivity index (χ2v) is 1.10. The summed E-state index contributed by atoms with van der Waals surface area (Å²) >= 11 is 14.8. The Morgan fingerprint density at radius 1 is 0.571 bits per heavy atom. The molecule has 0 amide bonds. The van der Waals surface area contributed by atoms with Crippen LogP contribution in [0.15, 0.2) is 0 Å². The van der Waals surface area contributed by atoms with E-state index in [9.17, 15) is 0 Å². The zero-order valence-electron chi connectivity index (χ0n) is 6.74. The molecular formula is C4KN4PtS4. The predicted octanol–water partition coefficient (Wildman–Crippen LogP) is -0.326. The topological polar surface area (TPSA) is 95.2 Å². The van der Waals surface area contributed by atoms with Gasteiger partial charge in [0.15, 0.2) is 0 Å². The fourth-order valence-electron chi connectivity index (χ4n) is 0. The summed E-state index contributed by atoms with van der Waals surface area (Å²) in [5.41, 5.74) is 0. The third kappa shape index (κ3) is 1440.